The Bertz CT molecular complexity index is 673. The summed E-state index contributed by atoms with van der Waals surface area (Å²) in [6.07, 6.45) is 0.0855. The predicted molar refractivity (Wildman–Crippen MR) is 89.7 cm³/mol. The number of rotatable bonds is 3. The predicted octanol–water partition coefficient (Wildman–Crippen LogP) is 4.80. The van der Waals surface area contributed by atoms with Crippen molar-refractivity contribution in [3.63, 3.8) is 0 Å². The molecule has 1 heterocycles. The van der Waals surface area contributed by atoms with Gasteiger partial charge in [-0.1, -0.05) is 34.8 Å². The Hall–Kier alpha value is -0.290. The maximum Gasteiger partial charge on any atom is 0.0931 e. The Morgan fingerprint density at radius 2 is 2.05 bits per heavy atom. The Kier molecular flexibility index (Phi) is 4.51. The van der Waals surface area contributed by atoms with Gasteiger partial charge in [0.2, 0.25) is 0 Å². The maximum atomic E-state index is 10.4. The van der Waals surface area contributed by atoms with E-state index in [0.29, 0.717) is 16.5 Å². The van der Waals surface area contributed by atoms with Gasteiger partial charge in [0.1, 0.15) is 0 Å². The SMILES string of the molecule is CN(Cc1ccc(Cl)s1)[C@H]1c2cc(Cl)cc(Cl)c2C[C@H]1O. The van der Waals surface area contributed by atoms with Crippen LogP contribution in [0.4, 0.5) is 0 Å². The summed E-state index contributed by atoms with van der Waals surface area (Å²) in [6, 6.07) is 7.44. The lowest BCUT2D eigenvalue weighted by molar-refractivity contribution is 0.0730. The summed E-state index contributed by atoms with van der Waals surface area (Å²) in [5.41, 5.74) is 2.01. The highest BCUT2D eigenvalue weighted by molar-refractivity contribution is 7.16. The van der Waals surface area contributed by atoms with Crippen molar-refractivity contribution < 1.29 is 5.11 Å². The van der Waals surface area contributed by atoms with Crippen LogP contribution in [0.15, 0.2) is 24.3 Å². The second kappa shape index (κ2) is 6.07. The van der Waals surface area contributed by atoms with Gasteiger partial charge in [0.15, 0.2) is 0 Å². The normalized spacial score (nSPS) is 21.0. The zero-order chi connectivity index (χ0) is 15.1. The van der Waals surface area contributed by atoms with Gasteiger partial charge in [0.05, 0.1) is 16.5 Å². The van der Waals surface area contributed by atoms with Gasteiger partial charge in [-0.2, -0.15) is 0 Å². The average Bonchev–Trinajstić information content (AvgIpc) is 2.92. The standard InChI is InChI=1S/C15H14Cl3NOS/c1-19(7-9-2-3-14(18)21-9)15-11-4-8(16)5-12(17)10(11)6-13(15)20/h2-5,13,15,20H,6-7H2,1H3/t13-,15+/m1/s1. The number of nitrogens with zero attached hydrogens (tertiary/aromatic N) is 1. The Morgan fingerprint density at radius 3 is 2.71 bits per heavy atom. The van der Waals surface area contributed by atoms with Crippen LogP contribution in [0.1, 0.15) is 22.0 Å². The van der Waals surface area contributed by atoms with Crippen LogP contribution in [0.3, 0.4) is 0 Å². The molecule has 0 saturated carbocycles. The summed E-state index contributed by atoms with van der Waals surface area (Å²) in [5, 5.41) is 11.6. The lowest BCUT2D eigenvalue weighted by atomic mass is 10.1. The molecule has 2 aromatic rings. The minimum absolute atomic E-state index is 0.0999. The molecule has 3 rings (SSSR count). The van der Waals surface area contributed by atoms with Crippen LogP contribution in [0.2, 0.25) is 14.4 Å². The molecule has 0 aliphatic heterocycles. The first-order valence-corrected chi connectivity index (χ1v) is 8.51. The minimum Gasteiger partial charge on any atom is -0.391 e. The number of aliphatic hydroxyl groups is 1. The molecule has 0 fully saturated rings. The van der Waals surface area contributed by atoms with Crippen LogP contribution in [-0.4, -0.2) is 23.2 Å². The van der Waals surface area contributed by atoms with E-state index in [4.69, 9.17) is 34.8 Å². The lowest BCUT2D eigenvalue weighted by Crippen LogP contribution is -2.30. The Labute approximate surface area is 142 Å². The van der Waals surface area contributed by atoms with Crippen molar-refractivity contribution >= 4 is 46.1 Å². The molecule has 0 amide bonds. The van der Waals surface area contributed by atoms with Crippen LogP contribution in [0.5, 0.6) is 0 Å². The van der Waals surface area contributed by atoms with Crippen molar-refractivity contribution in [1.82, 2.24) is 4.90 Å². The van der Waals surface area contributed by atoms with E-state index in [1.807, 2.05) is 25.2 Å². The molecular formula is C15H14Cl3NOS. The summed E-state index contributed by atoms with van der Waals surface area (Å²) in [7, 11) is 1.99. The van der Waals surface area contributed by atoms with Gasteiger partial charge in [-0.15, -0.1) is 11.3 Å². The molecule has 1 aliphatic rings. The zero-order valence-electron chi connectivity index (χ0n) is 11.3. The summed E-state index contributed by atoms with van der Waals surface area (Å²) in [5.74, 6) is 0. The fourth-order valence-corrected chi connectivity index (χ4v) is 4.68. The number of hydrogen-bond donors (Lipinski definition) is 1. The lowest BCUT2D eigenvalue weighted by Gasteiger charge is -2.27. The molecule has 112 valence electrons. The molecule has 21 heavy (non-hydrogen) atoms. The summed E-state index contributed by atoms with van der Waals surface area (Å²) < 4.78 is 0.775. The Morgan fingerprint density at radius 1 is 1.29 bits per heavy atom. The number of benzene rings is 1. The van der Waals surface area contributed by atoms with Crippen molar-refractivity contribution in [2.75, 3.05) is 7.05 Å². The van der Waals surface area contributed by atoms with E-state index < -0.39 is 6.10 Å². The largest absolute Gasteiger partial charge is 0.391 e. The third kappa shape index (κ3) is 3.09. The number of aliphatic hydroxyl groups excluding tert-OH is 1. The molecule has 0 unspecified atom stereocenters. The first kappa shape index (κ1) is 15.6. The number of hydrogen-bond acceptors (Lipinski definition) is 3. The minimum atomic E-state index is -0.476. The topological polar surface area (TPSA) is 23.5 Å². The van der Waals surface area contributed by atoms with E-state index in [-0.39, 0.29) is 6.04 Å². The second-order valence-electron chi connectivity index (χ2n) is 5.29. The van der Waals surface area contributed by atoms with Gasteiger partial charge in [-0.05, 0) is 42.4 Å². The Balaban J connectivity index is 1.89. The molecule has 6 heteroatoms. The van der Waals surface area contributed by atoms with Crippen LogP contribution < -0.4 is 0 Å². The smallest absolute Gasteiger partial charge is 0.0931 e. The van der Waals surface area contributed by atoms with E-state index >= 15 is 0 Å². The van der Waals surface area contributed by atoms with Crippen LogP contribution in [-0.2, 0) is 13.0 Å². The number of thiophene rings is 1. The van der Waals surface area contributed by atoms with Gasteiger partial charge in [0, 0.05) is 27.9 Å². The van der Waals surface area contributed by atoms with Crippen LogP contribution in [0.25, 0.3) is 0 Å². The molecule has 0 bridgehead atoms. The monoisotopic (exact) mass is 361 g/mol. The van der Waals surface area contributed by atoms with E-state index in [9.17, 15) is 5.11 Å². The van der Waals surface area contributed by atoms with Crippen LogP contribution in [0, 0.1) is 0 Å². The van der Waals surface area contributed by atoms with Gasteiger partial charge >= 0.3 is 0 Å². The molecule has 1 N–H and O–H groups in total. The fourth-order valence-electron chi connectivity index (χ4n) is 2.94. The highest BCUT2D eigenvalue weighted by atomic mass is 35.5. The molecule has 2 atom stereocenters. The van der Waals surface area contributed by atoms with Crippen molar-refractivity contribution in [2.45, 2.75) is 25.1 Å². The van der Waals surface area contributed by atoms with Gasteiger partial charge in [-0.3, -0.25) is 4.90 Å². The molecule has 1 aliphatic carbocycles. The molecule has 0 spiro atoms. The highest BCUT2D eigenvalue weighted by Crippen LogP contribution is 2.41. The molecular weight excluding hydrogens is 349 g/mol. The second-order valence-corrected chi connectivity index (χ2v) is 7.94. The first-order chi connectivity index (χ1) is 9.95. The van der Waals surface area contributed by atoms with Crippen molar-refractivity contribution in [2.24, 2.45) is 0 Å². The van der Waals surface area contributed by atoms with Crippen molar-refractivity contribution in [3.05, 3.63) is 54.7 Å². The summed E-state index contributed by atoms with van der Waals surface area (Å²) in [4.78, 5) is 3.28. The first-order valence-electron chi connectivity index (χ1n) is 6.56. The van der Waals surface area contributed by atoms with E-state index in [1.54, 1.807) is 17.4 Å². The third-order valence-electron chi connectivity index (χ3n) is 3.80. The van der Waals surface area contributed by atoms with Gasteiger partial charge in [-0.25, -0.2) is 0 Å². The quantitative estimate of drug-likeness (QED) is 0.848. The number of fused-ring (bicyclic) bond motifs is 1. The van der Waals surface area contributed by atoms with Gasteiger partial charge in [0.25, 0.3) is 0 Å². The average molecular weight is 363 g/mol. The third-order valence-corrected chi connectivity index (χ3v) is 5.57. The van der Waals surface area contributed by atoms with Gasteiger partial charge < -0.3 is 5.11 Å². The zero-order valence-corrected chi connectivity index (χ0v) is 14.4. The van der Waals surface area contributed by atoms with Crippen molar-refractivity contribution in [3.8, 4) is 0 Å². The van der Waals surface area contributed by atoms with E-state index in [0.717, 1.165) is 26.9 Å². The van der Waals surface area contributed by atoms with Crippen LogP contribution >= 0.6 is 46.1 Å². The van der Waals surface area contributed by atoms with Crippen molar-refractivity contribution in [1.29, 1.82) is 0 Å². The molecule has 0 radical (unpaired) electrons. The summed E-state index contributed by atoms with van der Waals surface area (Å²) >= 11 is 19.9. The molecule has 1 aromatic heterocycles. The summed E-state index contributed by atoms with van der Waals surface area (Å²) in [6.45, 7) is 0.725. The molecule has 0 saturated heterocycles. The number of halogens is 3. The van der Waals surface area contributed by atoms with E-state index in [2.05, 4.69) is 4.90 Å². The molecule has 1 aromatic carbocycles. The fraction of sp³-hybridized carbons (Fsp3) is 0.333. The molecule has 2 nitrogen and oxygen atoms in total. The maximum absolute atomic E-state index is 10.4. The highest BCUT2D eigenvalue weighted by Gasteiger charge is 2.35. The number of likely N-dealkylation sites (N-methyl/N-ethyl adjacent to an activating group) is 1. The van der Waals surface area contributed by atoms with E-state index in [1.165, 1.54) is 0 Å².